The molecule has 0 aromatic heterocycles. The van der Waals surface area contributed by atoms with Crippen LogP contribution in [0.25, 0.3) is 0 Å². The summed E-state index contributed by atoms with van der Waals surface area (Å²) in [4.78, 5) is 0.361. The van der Waals surface area contributed by atoms with Gasteiger partial charge in [-0.3, -0.25) is 0 Å². The Kier molecular flexibility index (Phi) is 5.07. The zero-order valence-electron chi connectivity index (χ0n) is 13.0. The number of benzene rings is 1. The van der Waals surface area contributed by atoms with Crippen LogP contribution in [0.1, 0.15) is 49.7 Å². The molecule has 1 aromatic carbocycles. The lowest BCUT2D eigenvalue weighted by Crippen LogP contribution is -2.49. The number of nitrogens with two attached hydrogens (primary N) is 1. The van der Waals surface area contributed by atoms with E-state index in [1.807, 2.05) is 26.0 Å². The van der Waals surface area contributed by atoms with Crippen LogP contribution in [0.15, 0.2) is 23.1 Å². The molecule has 0 heterocycles. The summed E-state index contributed by atoms with van der Waals surface area (Å²) in [5, 5.41) is 0. The Balaban J connectivity index is 2.12. The molecular weight excluding hydrogens is 284 g/mol. The normalized spacial score (nSPS) is 19.2. The molecule has 21 heavy (non-hydrogen) atoms. The van der Waals surface area contributed by atoms with E-state index in [0.717, 1.165) is 36.8 Å². The van der Waals surface area contributed by atoms with Crippen molar-refractivity contribution in [3.63, 3.8) is 0 Å². The lowest BCUT2D eigenvalue weighted by atomic mass is 9.92. The number of hydrogen-bond acceptors (Lipinski definition) is 3. The van der Waals surface area contributed by atoms with Crippen molar-refractivity contribution in [3.05, 3.63) is 29.3 Å². The van der Waals surface area contributed by atoms with Gasteiger partial charge in [0.2, 0.25) is 10.0 Å². The minimum absolute atomic E-state index is 0.322. The van der Waals surface area contributed by atoms with E-state index in [4.69, 9.17) is 5.73 Å². The van der Waals surface area contributed by atoms with E-state index in [-0.39, 0.29) is 0 Å². The lowest BCUT2D eigenvalue weighted by molar-refractivity contribution is 0.369. The van der Waals surface area contributed by atoms with Crippen molar-refractivity contribution in [1.82, 2.24) is 4.72 Å². The highest BCUT2D eigenvalue weighted by molar-refractivity contribution is 7.89. The molecule has 2 rings (SSSR count). The second-order valence-electron chi connectivity index (χ2n) is 6.37. The van der Waals surface area contributed by atoms with Crippen molar-refractivity contribution in [2.45, 2.75) is 62.8 Å². The van der Waals surface area contributed by atoms with Crippen molar-refractivity contribution in [2.75, 3.05) is 6.54 Å². The zero-order valence-corrected chi connectivity index (χ0v) is 13.8. The second-order valence-corrected chi connectivity index (χ2v) is 8.11. The van der Waals surface area contributed by atoms with Crippen LogP contribution in [0.5, 0.6) is 0 Å². The smallest absolute Gasteiger partial charge is 0.240 e. The fourth-order valence-electron chi connectivity index (χ4n) is 2.92. The maximum atomic E-state index is 12.5. The second kappa shape index (κ2) is 6.46. The number of aryl methyl sites for hydroxylation is 2. The van der Waals surface area contributed by atoms with Gasteiger partial charge in [-0.25, -0.2) is 13.1 Å². The van der Waals surface area contributed by atoms with Gasteiger partial charge in [0.1, 0.15) is 0 Å². The first-order chi connectivity index (χ1) is 9.82. The average molecular weight is 310 g/mol. The third-order valence-corrected chi connectivity index (χ3v) is 5.89. The molecule has 1 aromatic rings. The largest absolute Gasteiger partial charge is 0.324 e. The molecule has 0 spiro atoms. The first-order valence-corrected chi connectivity index (χ1v) is 9.17. The first-order valence-electron chi connectivity index (χ1n) is 7.68. The Morgan fingerprint density at radius 2 is 1.76 bits per heavy atom. The van der Waals surface area contributed by atoms with Crippen LogP contribution in [-0.2, 0) is 10.0 Å². The van der Waals surface area contributed by atoms with E-state index in [0.29, 0.717) is 11.4 Å². The van der Waals surface area contributed by atoms with Gasteiger partial charge in [-0.05, 0) is 43.9 Å². The van der Waals surface area contributed by atoms with E-state index in [1.54, 1.807) is 6.07 Å². The summed E-state index contributed by atoms with van der Waals surface area (Å²) in [6.45, 7) is 4.04. The molecule has 1 aliphatic rings. The molecule has 0 bridgehead atoms. The fraction of sp³-hybridized carbons (Fsp3) is 0.625. The molecule has 0 radical (unpaired) electrons. The number of hydrogen-bond donors (Lipinski definition) is 2. The quantitative estimate of drug-likeness (QED) is 0.840. The molecule has 1 saturated carbocycles. The molecule has 1 aliphatic carbocycles. The fourth-order valence-corrected chi connectivity index (χ4v) is 4.39. The summed E-state index contributed by atoms with van der Waals surface area (Å²) in [5.74, 6) is 0. The summed E-state index contributed by atoms with van der Waals surface area (Å²) in [6, 6.07) is 5.48. The van der Waals surface area contributed by atoms with Crippen LogP contribution < -0.4 is 10.5 Å². The average Bonchev–Trinajstić information content (AvgIpc) is 2.65. The Bertz CT molecular complexity index is 588. The highest BCUT2D eigenvalue weighted by Crippen LogP contribution is 2.25. The van der Waals surface area contributed by atoms with Gasteiger partial charge in [0.15, 0.2) is 0 Å². The van der Waals surface area contributed by atoms with Gasteiger partial charge in [-0.15, -0.1) is 0 Å². The van der Waals surface area contributed by atoms with E-state index in [2.05, 4.69) is 4.72 Å². The Morgan fingerprint density at radius 3 is 2.38 bits per heavy atom. The van der Waals surface area contributed by atoms with Crippen molar-refractivity contribution in [1.29, 1.82) is 0 Å². The van der Waals surface area contributed by atoms with Gasteiger partial charge < -0.3 is 5.73 Å². The summed E-state index contributed by atoms with van der Waals surface area (Å²) in [7, 11) is -3.49. The summed E-state index contributed by atoms with van der Waals surface area (Å²) in [5.41, 5.74) is 7.69. The molecule has 0 amide bonds. The van der Waals surface area contributed by atoms with Crippen LogP contribution in [0, 0.1) is 13.8 Å². The predicted molar refractivity (Wildman–Crippen MR) is 85.7 cm³/mol. The molecule has 0 aliphatic heterocycles. The Hall–Kier alpha value is -0.910. The number of sulfonamides is 1. The summed E-state index contributed by atoms with van der Waals surface area (Å²) < 4.78 is 27.7. The maximum absolute atomic E-state index is 12.5. The molecule has 1 fully saturated rings. The molecule has 0 unspecified atom stereocenters. The van der Waals surface area contributed by atoms with Crippen LogP contribution in [0.4, 0.5) is 0 Å². The van der Waals surface area contributed by atoms with Crippen molar-refractivity contribution in [3.8, 4) is 0 Å². The van der Waals surface area contributed by atoms with E-state index in [9.17, 15) is 8.42 Å². The third-order valence-electron chi connectivity index (χ3n) is 4.35. The zero-order chi connectivity index (χ0) is 15.5. The number of nitrogens with one attached hydrogen (secondary N) is 1. The Morgan fingerprint density at radius 1 is 1.14 bits per heavy atom. The van der Waals surface area contributed by atoms with Gasteiger partial charge in [-0.1, -0.05) is 37.8 Å². The molecule has 4 nitrogen and oxygen atoms in total. The van der Waals surface area contributed by atoms with Crippen molar-refractivity contribution < 1.29 is 8.42 Å². The topological polar surface area (TPSA) is 72.2 Å². The highest BCUT2D eigenvalue weighted by Gasteiger charge is 2.28. The molecule has 0 saturated heterocycles. The van der Waals surface area contributed by atoms with E-state index in [1.165, 1.54) is 12.8 Å². The van der Waals surface area contributed by atoms with Gasteiger partial charge in [0, 0.05) is 12.1 Å². The predicted octanol–water partition coefficient (Wildman–Crippen LogP) is 2.63. The minimum atomic E-state index is -3.49. The molecule has 3 N–H and O–H groups in total. The SMILES string of the molecule is Cc1ccc(C)c(S(=O)(=O)NCC2(N)CCCCCC2)c1. The van der Waals surface area contributed by atoms with E-state index < -0.39 is 15.6 Å². The Labute approximate surface area is 128 Å². The molecule has 0 atom stereocenters. The van der Waals surface area contributed by atoms with Gasteiger partial charge in [0.25, 0.3) is 0 Å². The first kappa shape index (κ1) is 16.5. The maximum Gasteiger partial charge on any atom is 0.240 e. The van der Waals surface area contributed by atoms with Crippen LogP contribution in [0.3, 0.4) is 0 Å². The number of rotatable bonds is 4. The van der Waals surface area contributed by atoms with Crippen molar-refractivity contribution >= 4 is 10.0 Å². The van der Waals surface area contributed by atoms with Crippen LogP contribution in [-0.4, -0.2) is 20.5 Å². The third kappa shape index (κ3) is 4.28. The molecule has 5 heteroatoms. The summed E-state index contributed by atoms with van der Waals surface area (Å²) >= 11 is 0. The summed E-state index contributed by atoms with van der Waals surface area (Å²) in [6.07, 6.45) is 6.35. The standard InChI is InChI=1S/C16H26N2O2S/c1-13-7-8-14(2)15(11-13)21(19,20)18-12-16(17)9-5-3-4-6-10-16/h7-8,11,18H,3-6,9-10,12,17H2,1-2H3. The molecule has 118 valence electrons. The van der Waals surface area contributed by atoms with Crippen LogP contribution >= 0.6 is 0 Å². The van der Waals surface area contributed by atoms with Gasteiger partial charge in [-0.2, -0.15) is 0 Å². The monoisotopic (exact) mass is 310 g/mol. The minimum Gasteiger partial charge on any atom is -0.324 e. The highest BCUT2D eigenvalue weighted by atomic mass is 32.2. The van der Waals surface area contributed by atoms with Gasteiger partial charge >= 0.3 is 0 Å². The molecular formula is C16H26N2O2S. The van der Waals surface area contributed by atoms with Crippen LogP contribution in [0.2, 0.25) is 0 Å². The van der Waals surface area contributed by atoms with E-state index >= 15 is 0 Å². The van der Waals surface area contributed by atoms with Crippen molar-refractivity contribution in [2.24, 2.45) is 5.73 Å². The van der Waals surface area contributed by atoms with Gasteiger partial charge in [0.05, 0.1) is 4.90 Å². The lowest BCUT2D eigenvalue weighted by Gasteiger charge is -2.28.